The summed E-state index contributed by atoms with van der Waals surface area (Å²) in [4.78, 5) is 4.54. The lowest BCUT2D eigenvalue weighted by Crippen LogP contribution is -2.35. The monoisotopic (exact) mass is 247 g/mol. The highest BCUT2D eigenvalue weighted by Crippen LogP contribution is 2.59. The minimum absolute atomic E-state index is 0.651. The number of nitrogens with one attached hydrogen (secondary N) is 1. The molecule has 3 nitrogen and oxygen atoms in total. The van der Waals surface area contributed by atoms with Crippen LogP contribution in [0.5, 0.6) is 0 Å². The van der Waals surface area contributed by atoms with Crippen LogP contribution >= 0.6 is 0 Å². The Morgan fingerprint density at radius 3 is 2.83 bits per heavy atom. The second-order valence-electron chi connectivity index (χ2n) is 5.83. The Balaban J connectivity index is 1.67. The van der Waals surface area contributed by atoms with Crippen LogP contribution in [0.2, 0.25) is 0 Å². The van der Waals surface area contributed by atoms with Gasteiger partial charge in [0.1, 0.15) is 5.82 Å². The molecule has 1 aromatic rings. The van der Waals surface area contributed by atoms with E-state index in [1.165, 1.54) is 25.1 Å². The molecule has 18 heavy (non-hydrogen) atoms. The maximum atomic E-state index is 4.54. The van der Waals surface area contributed by atoms with Gasteiger partial charge in [0, 0.05) is 31.4 Å². The lowest BCUT2D eigenvalue weighted by atomic mass is 10.0. The number of imidazole rings is 1. The molecular weight excluding hydrogens is 222 g/mol. The molecule has 3 heteroatoms. The van der Waals surface area contributed by atoms with E-state index in [0.29, 0.717) is 6.04 Å². The van der Waals surface area contributed by atoms with Crippen LogP contribution < -0.4 is 5.32 Å². The first-order chi connectivity index (χ1) is 8.85. The van der Waals surface area contributed by atoms with Crippen LogP contribution in [0, 0.1) is 17.8 Å². The molecule has 0 amide bonds. The highest BCUT2D eigenvalue weighted by molar-refractivity contribution is 5.09. The predicted molar refractivity (Wildman–Crippen MR) is 73.4 cm³/mol. The van der Waals surface area contributed by atoms with Gasteiger partial charge in [-0.2, -0.15) is 0 Å². The molecule has 3 rings (SSSR count). The largest absolute Gasteiger partial charge is 0.335 e. The highest BCUT2D eigenvalue weighted by Gasteiger charge is 2.55. The van der Waals surface area contributed by atoms with Crippen molar-refractivity contribution in [2.24, 2.45) is 17.8 Å². The topological polar surface area (TPSA) is 29.9 Å². The van der Waals surface area contributed by atoms with E-state index in [1.54, 1.807) is 0 Å². The number of hydrogen-bond acceptors (Lipinski definition) is 2. The lowest BCUT2D eigenvalue weighted by molar-refractivity contribution is 0.400. The Morgan fingerprint density at radius 2 is 2.17 bits per heavy atom. The average Bonchev–Trinajstić information content (AvgIpc) is 2.79. The van der Waals surface area contributed by atoms with Crippen molar-refractivity contribution in [3.8, 4) is 0 Å². The van der Waals surface area contributed by atoms with E-state index in [4.69, 9.17) is 0 Å². The molecule has 1 heterocycles. The van der Waals surface area contributed by atoms with Gasteiger partial charge in [-0.1, -0.05) is 13.3 Å². The highest BCUT2D eigenvalue weighted by atomic mass is 15.1. The summed E-state index contributed by atoms with van der Waals surface area (Å²) in [5.74, 6) is 4.24. The van der Waals surface area contributed by atoms with Crippen LogP contribution in [0.1, 0.15) is 38.9 Å². The number of fused-ring (bicyclic) bond motifs is 1. The van der Waals surface area contributed by atoms with E-state index in [1.807, 2.05) is 6.20 Å². The van der Waals surface area contributed by atoms with Crippen LogP contribution in [0.25, 0.3) is 0 Å². The SMILES string of the molecule is CCNC(Cc1nccn1CC)C1C2CCCC21. The number of aromatic nitrogens is 2. The summed E-state index contributed by atoms with van der Waals surface area (Å²) in [5, 5.41) is 3.71. The molecule has 1 N–H and O–H groups in total. The van der Waals surface area contributed by atoms with Crippen molar-refractivity contribution in [1.29, 1.82) is 0 Å². The Hall–Kier alpha value is -0.830. The van der Waals surface area contributed by atoms with Gasteiger partial charge >= 0.3 is 0 Å². The van der Waals surface area contributed by atoms with Crippen molar-refractivity contribution >= 4 is 0 Å². The van der Waals surface area contributed by atoms with Crippen LogP contribution in [0.15, 0.2) is 12.4 Å². The van der Waals surface area contributed by atoms with Gasteiger partial charge in [-0.05, 0) is 44.1 Å². The fraction of sp³-hybridized carbons (Fsp3) is 0.800. The minimum Gasteiger partial charge on any atom is -0.335 e. The quantitative estimate of drug-likeness (QED) is 0.837. The zero-order chi connectivity index (χ0) is 12.5. The number of likely N-dealkylation sites (N-methyl/N-ethyl adjacent to an activating group) is 1. The summed E-state index contributed by atoms with van der Waals surface area (Å²) < 4.78 is 2.28. The molecule has 0 saturated heterocycles. The first-order valence-corrected chi connectivity index (χ1v) is 7.58. The zero-order valence-electron chi connectivity index (χ0n) is 11.6. The summed E-state index contributed by atoms with van der Waals surface area (Å²) in [5.41, 5.74) is 0. The van der Waals surface area contributed by atoms with Crippen LogP contribution in [0.3, 0.4) is 0 Å². The van der Waals surface area contributed by atoms with Gasteiger partial charge in [-0.3, -0.25) is 0 Å². The molecule has 0 aromatic carbocycles. The van der Waals surface area contributed by atoms with E-state index in [2.05, 4.69) is 34.9 Å². The second kappa shape index (κ2) is 5.04. The Labute approximate surface area is 110 Å². The molecule has 0 radical (unpaired) electrons. The summed E-state index contributed by atoms with van der Waals surface area (Å²) in [6.07, 6.45) is 9.56. The minimum atomic E-state index is 0.651. The molecule has 0 spiro atoms. The molecule has 2 aliphatic rings. The fourth-order valence-electron chi connectivity index (χ4n) is 4.09. The third kappa shape index (κ3) is 2.09. The van der Waals surface area contributed by atoms with E-state index in [9.17, 15) is 0 Å². The first-order valence-electron chi connectivity index (χ1n) is 7.58. The van der Waals surface area contributed by atoms with E-state index in [0.717, 1.165) is 37.3 Å². The van der Waals surface area contributed by atoms with Gasteiger partial charge in [-0.15, -0.1) is 0 Å². The van der Waals surface area contributed by atoms with E-state index in [-0.39, 0.29) is 0 Å². The third-order valence-corrected chi connectivity index (χ3v) is 4.95. The van der Waals surface area contributed by atoms with Crippen molar-refractivity contribution in [3.63, 3.8) is 0 Å². The van der Waals surface area contributed by atoms with Crippen LogP contribution in [-0.2, 0) is 13.0 Å². The Morgan fingerprint density at radius 1 is 1.39 bits per heavy atom. The van der Waals surface area contributed by atoms with Crippen LogP contribution in [0.4, 0.5) is 0 Å². The van der Waals surface area contributed by atoms with Crippen molar-refractivity contribution in [1.82, 2.24) is 14.9 Å². The Kier molecular flexibility index (Phi) is 3.42. The molecule has 100 valence electrons. The molecular formula is C15H25N3. The van der Waals surface area contributed by atoms with Gasteiger partial charge in [0.15, 0.2) is 0 Å². The molecule has 3 atom stereocenters. The predicted octanol–water partition coefficient (Wildman–Crippen LogP) is 2.47. The van der Waals surface area contributed by atoms with Gasteiger partial charge < -0.3 is 9.88 Å². The van der Waals surface area contributed by atoms with Crippen molar-refractivity contribution in [3.05, 3.63) is 18.2 Å². The molecule has 2 saturated carbocycles. The smallest absolute Gasteiger partial charge is 0.110 e. The fourth-order valence-corrected chi connectivity index (χ4v) is 4.09. The van der Waals surface area contributed by atoms with Crippen molar-refractivity contribution in [2.45, 2.75) is 52.1 Å². The van der Waals surface area contributed by atoms with Gasteiger partial charge in [-0.25, -0.2) is 4.98 Å². The molecule has 3 unspecified atom stereocenters. The number of hydrogen-bond donors (Lipinski definition) is 1. The first kappa shape index (κ1) is 12.2. The molecule has 2 fully saturated rings. The average molecular weight is 247 g/mol. The summed E-state index contributed by atoms with van der Waals surface area (Å²) in [6, 6.07) is 0.651. The molecule has 1 aromatic heterocycles. The van der Waals surface area contributed by atoms with E-state index < -0.39 is 0 Å². The molecule has 2 aliphatic carbocycles. The number of aryl methyl sites for hydroxylation is 1. The van der Waals surface area contributed by atoms with Gasteiger partial charge in [0.25, 0.3) is 0 Å². The lowest BCUT2D eigenvalue weighted by Gasteiger charge is -2.20. The summed E-state index contributed by atoms with van der Waals surface area (Å²) >= 11 is 0. The second-order valence-corrected chi connectivity index (χ2v) is 5.83. The standard InChI is InChI=1S/C15H25N3/c1-3-16-13(15-11-6-5-7-12(11)15)10-14-17-8-9-18(14)4-2/h8-9,11-13,15-16H,3-7,10H2,1-2H3. The number of nitrogens with zero attached hydrogens (tertiary/aromatic N) is 2. The summed E-state index contributed by atoms with van der Waals surface area (Å²) in [7, 11) is 0. The Bertz CT molecular complexity index is 388. The van der Waals surface area contributed by atoms with Crippen molar-refractivity contribution in [2.75, 3.05) is 6.54 Å². The zero-order valence-corrected chi connectivity index (χ0v) is 11.6. The van der Waals surface area contributed by atoms with Gasteiger partial charge in [0.2, 0.25) is 0 Å². The van der Waals surface area contributed by atoms with Crippen LogP contribution in [-0.4, -0.2) is 22.1 Å². The van der Waals surface area contributed by atoms with Crippen molar-refractivity contribution < 1.29 is 0 Å². The third-order valence-electron chi connectivity index (χ3n) is 4.95. The van der Waals surface area contributed by atoms with E-state index >= 15 is 0 Å². The molecule has 0 bridgehead atoms. The van der Waals surface area contributed by atoms with Gasteiger partial charge in [0.05, 0.1) is 0 Å². The summed E-state index contributed by atoms with van der Waals surface area (Å²) in [6.45, 7) is 6.52. The maximum absolute atomic E-state index is 4.54. The maximum Gasteiger partial charge on any atom is 0.110 e. The molecule has 0 aliphatic heterocycles. The normalized spacial score (nSPS) is 31.3. The number of rotatable bonds is 6.